The number of aromatic nitrogens is 2. The average molecular weight is 253 g/mol. The summed E-state index contributed by atoms with van der Waals surface area (Å²) in [7, 11) is -2.14. The Morgan fingerprint density at radius 1 is 1.73 bits per heavy atom. The van der Waals surface area contributed by atoms with E-state index in [1.54, 1.807) is 6.92 Å². The van der Waals surface area contributed by atoms with Crippen LogP contribution in [0.4, 0.5) is 0 Å². The van der Waals surface area contributed by atoms with Crippen LogP contribution >= 0.6 is 11.6 Å². The normalized spacial score (nSPS) is 14.1. The highest BCUT2D eigenvalue weighted by molar-refractivity contribution is 7.89. The zero-order valence-corrected chi connectivity index (χ0v) is 10.0. The van der Waals surface area contributed by atoms with Crippen molar-refractivity contribution in [1.82, 2.24) is 14.5 Å². The second-order valence-corrected chi connectivity index (χ2v) is 5.22. The summed E-state index contributed by atoms with van der Waals surface area (Å²) < 4.78 is 27.2. The first kappa shape index (κ1) is 12.4. The fourth-order valence-corrected chi connectivity index (χ4v) is 2.98. The van der Waals surface area contributed by atoms with Crippen LogP contribution in [0, 0.1) is 0 Å². The summed E-state index contributed by atoms with van der Waals surface area (Å²) in [4.78, 5) is 0. The smallest absolute Gasteiger partial charge is 0.259 e. The maximum atomic E-state index is 11.8. The van der Waals surface area contributed by atoms with Crippen LogP contribution in [-0.2, 0) is 17.1 Å². The lowest BCUT2D eigenvalue weighted by Gasteiger charge is -2.12. The van der Waals surface area contributed by atoms with Gasteiger partial charge in [0.05, 0.1) is 11.2 Å². The highest BCUT2D eigenvalue weighted by Gasteiger charge is 2.23. The van der Waals surface area contributed by atoms with Gasteiger partial charge in [0.1, 0.15) is 0 Å². The maximum Gasteiger partial charge on any atom is 0.259 e. The Labute approximate surface area is 93.5 Å². The number of nitrogens with two attached hydrogens (primary N) is 1. The Bertz CT molecular complexity index is 422. The molecule has 0 saturated heterocycles. The van der Waals surface area contributed by atoms with E-state index in [1.807, 2.05) is 0 Å². The van der Waals surface area contributed by atoms with Crippen molar-refractivity contribution in [3.05, 3.63) is 11.2 Å². The summed E-state index contributed by atoms with van der Waals surface area (Å²) in [5, 5.41) is 3.79. The molecular weight excluding hydrogens is 240 g/mol. The predicted molar refractivity (Wildman–Crippen MR) is 57.1 cm³/mol. The molecule has 0 aliphatic rings. The molecule has 1 rings (SSSR count). The fraction of sp³-hybridized carbons (Fsp3) is 0.571. The van der Waals surface area contributed by atoms with Crippen molar-refractivity contribution in [3.63, 3.8) is 0 Å². The van der Waals surface area contributed by atoms with Crippen LogP contribution < -0.4 is 10.5 Å². The minimum Gasteiger partial charge on any atom is -0.329 e. The number of hydrogen-bond donors (Lipinski definition) is 2. The quantitative estimate of drug-likeness (QED) is 0.770. The highest BCUT2D eigenvalue weighted by Crippen LogP contribution is 2.19. The number of nitrogens with zero attached hydrogens (tertiary/aromatic N) is 2. The molecule has 1 heterocycles. The second kappa shape index (κ2) is 4.48. The molecule has 3 N–H and O–H groups in total. The molecule has 8 heteroatoms. The van der Waals surface area contributed by atoms with Crippen LogP contribution in [0.2, 0.25) is 5.02 Å². The van der Waals surface area contributed by atoms with Crippen molar-refractivity contribution in [3.8, 4) is 0 Å². The summed E-state index contributed by atoms with van der Waals surface area (Å²) in [6, 6.07) is -0.346. The minimum atomic E-state index is -3.65. The summed E-state index contributed by atoms with van der Waals surface area (Å²) in [6.07, 6.45) is 1.28. The number of halogens is 1. The molecule has 0 bridgehead atoms. The van der Waals surface area contributed by atoms with E-state index in [0.29, 0.717) is 0 Å². The van der Waals surface area contributed by atoms with Gasteiger partial charge in [-0.3, -0.25) is 4.68 Å². The molecule has 0 amide bonds. The van der Waals surface area contributed by atoms with Gasteiger partial charge in [-0.15, -0.1) is 0 Å². The van der Waals surface area contributed by atoms with E-state index in [2.05, 4.69) is 9.82 Å². The number of sulfonamides is 1. The van der Waals surface area contributed by atoms with Crippen molar-refractivity contribution in [2.45, 2.75) is 18.0 Å². The van der Waals surface area contributed by atoms with Crippen molar-refractivity contribution in [1.29, 1.82) is 0 Å². The van der Waals surface area contributed by atoms with E-state index in [9.17, 15) is 8.42 Å². The van der Waals surface area contributed by atoms with Crippen LogP contribution in [-0.4, -0.2) is 30.8 Å². The Morgan fingerprint density at radius 3 is 2.73 bits per heavy atom. The van der Waals surface area contributed by atoms with Crippen LogP contribution in [0.1, 0.15) is 6.92 Å². The molecular formula is C7H13ClN4O2S. The summed E-state index contributed by atoms with van der Waals surface area (Å²) in [6.45, 7) is 1.89. The molecule has 1 aromatic rings. The predicted octanol–water partition coefficient (Wildman–Crippen LogP) is -0.301. The van der Waals surface area contributed by atoms with E-state index in [4.69, 9.17) is 17.3 Å². The lowest BCUT2D eigenvalue weighted by atomic mass is 10.4. The van der Waals surface area contributed by atoms with E-state index in [1.165, 1.54) is 17.9 Å². The van der Waals surface area contributed by atoms with Gasteiger partial charge in [0.25, 0.3) is 10.0 Å². The van der Waals surface area contributed by atoms with E-state index in [0.717, 1.165) is 0 Å². The van der Waals surface area contributed by atoms with Gasteiger partial charge in [0, 0.05) is 19.6 Å². The SMILES string of the molecule is CC(CN)NS(=O)(=O)c1c(Cl)cnn1C. The third-order valence-electron chi connectivity index (χ3n) is 1.81. The molecule has 15 heavy (non-hydrogen) atoms. The molecule has 6 nitrogen and oxygen atoms in total. The van der Waals surface area contributed by atoms with Crippen molar-refractivity contribution >= 4 is 21.6 Å². The Morgan fingerprint density at radius 2 is 2.33 bits per heavy atom. The summed E-state index contributed by atoms with van der Waals surface area (Å²) in [5.41, 5.74) is 5.33. The lowest BCUT2D eigenvalue weighted by molar-refractivity contribution is 0.547. The van der Waals surface area contributed by atoms with Gasteiger partial charge >= 0.3 is 0 Å². The first-order valence-electron chi connectivity index (χ1n) is 4.28. The Hall–Kier alpha value is -0.630. The monoisotopic (exact) mass is 252 g/mol. The lowest BCUT2D eigenvalue weighted by Crippen LogP contribution is -2.38. The third kappa shape index (κ3) is 2.69. The molecule has 0 radical (unpaired) electrons. The zero-order valence-electron chi connectivity index (χ0n) is 8.44. The topological polar surface area (TPSA) is 90.0 Å². The van der Waals surface area contributed by atoms with E-state index in [-0.39, 0.29) is 22.6 Å². The second-order valence-electron chi connectivity index (χ2n) is 3.18. The standard InChI is InChI=1S/C7H13ClN4O2S/c1-5(3-9)11-15(13,14)7-6(8)4-10-12(7)2/h4-5,11H,3,9H2,1-2H3. The van der Waals surface area contributed by atoms with Gasteiger partial charge in [-0.1, -0.05) is 11.6 Å². The first-order chi connectivity index (χ1) is 6.88. The molecule has 1 unspecified atom stereocenters. The molecule has 0 aromatic carbocycles. The average Bonchev–Trinajstić information content (AvgIpc) is 2.45. The summed E-state index contributed by atoms with van der Waals surface area (Å²) >= 11 is 5.72. The van der Waals surface area contributed by atoms with Crippen LogP contribution in [0.25, 0.3) is 0 Å². The summed E-state index contributed by atoms with van der Waals surface area (Å²) in [5.74, 6) is 0. The zero-order chi connectivity index (χ0) is 11.6. The number of rotatable bonds is 4. The number of aryl methyl sites for hydroxylation is 1. The van der Waals surface area contributed by atoms with Gasteiger partial charge in [-0.2, -0.15) is 5.10 Å². The van der Waals surface area contributed by atoms with Crippen LogP contribution in [0.15, 0.2) is 11.2 Å². The molecule has 0 saturated carbocycles. The molecule has 0 fully saturated rings. The number of hydrogen-bond acceptors (Lipinski definition) is 4. The van der Waals surface area contributed by atoms with Crippen LogP contribution in [0.5, 0.6) is 0 Å². The molecule has 86 valence electrons. The molecule has 1 aromatic heterocycles. The highest BCUT2D eigenvalue weighted by atomic mass is 35.5. The van der Waals surface area contributed by atoms with Crippen molar-refractivity contribution < 1.29 is 8.42 Å². The molecule has 1 atom stereocenters. The van der Waals surface area contributed by atoms with E-state index < -0.39 is 10.0 Å². The first-order valence-corrected chi connectivity index (χ1v) is 6.14. The Kier molecular flexibility index (Phi) is 3.72. The Balaban J connectivity index is 3.07. The van der Waals surface area contributed by atoms with Crippen molar-refractivity contribution in [2.24, 2.45) is 12.8 Å². The van der Waals surface area contributed by atoms with E-state index >= 15 is 0 Å². The molecule has 0 spiro atoms. The molecule has 0 aliphatic carbocycles. The largest absolute Gasteiger partial charge is 0.329 e. The van der Waals surface area contributed by atoms with Gasteiger partial charge in [0.15, 0.2) is 5.03 Å². The maximum absolute atomic E-state index is 11.8. The van der Waals surface area contributed by atoms with Gasteiger partial charge in [0.2, 0.25) is 0 Å². The van der Waals surface area contributed by atoms with Gasteiger partial charge in [-0.05, 0) is 6.92 Å². The molecule has 0 aliphatic heterocycles. The van der Waals surface area contributed by atoms with Gasteiger partial charge < -0.3 is 5.73 Å². The minimum absolute atomic E-state index is 0.0514. The van der Waals surface area contributed by atoms with Gasteiger partial charge in [-0.25, -0.2) is 13.1 Å². The number of nitrogens with one attached hydrogen (secondary N) is 1. The third-order valence-corrected chi connectivity index (χ3v) is 3.90. The fourth-order valence-electron chi connectivity index (χ4n) is 1.07. The van der Waals surface area contributed by atoms with Crippen molar-refractivity contribution in [2.75, 3.05) is 6.54 Å². The van der Waals surface area contributed by atoms with Crippen LogP contribution in [0.3, 0.4) is 0 Å².